The van der Waals surface area contributed by atoms with Crippen LogP contribution in [-0.2, 0) is 0 Å². The molecule has 2 saturated heterocycles. The number of aromatic nitrogens is 1. The number of H-pyrrole nitrogens is 1. The second-order valence-corrected chi connectivity index (χ2v) is 6.20. The Morgan fingerprint density at radius 1 is 1.33 bits per heavy atom. The highest BCUT2D eigenvalue weighted by atomic mass is 16.2. The molecule has 2 aliphatic heterocycles. The Hall–Kier alpha value is -1.62. The molecule has 0 saturated carbocycles. The fourth-order valence-electron chi connectivity index (χ4n) is 3.72. The summed E-state index contributed by atoms with van der Waals surface area (Å²) >= 11 is 0. The Labute approximate surface area is 124 Å². The maximum absolute atomic E-state index is 12.8. The fourth-order valence-corrected chi connectivity index (χ4v) is 3.72. The smallest absolute Gasteiger partial charge is 0.254 e. The van der Waals surface area contributed by atoms with E-state index < -0.39 is 0 Å². The molecule has 2 atom stereocenters. The molecule has 114 valence electrons. The van der Waals surface area contributed by atoms with E-state index in [-0.39, 0.29) is 11.5 Å². The first-order valence-electron chi connectivity index (χ1n) is 7.93. The summed E-state index contributed by atoms with van der Waals surface area (Å²) in [6, 6.07) is 4.51. The van der Waals surface area contributed by atoms with Crippen LogP contribution in [0, 0.1) is 0 Å². The van der Waals surface area contributed by atoms with Gasteiger partial charge in [0.15, 0.2) is 0 Å². The van der Waals surface area contributed by atoms with E-state index in [1.165, 1.54) is 18.9 Å². The molecule has 21 heavy (non-hydrogen) atoms. The average molecular weight is 289 g/mol. The average Bonchev–Trinajstić information content (AvgIpc) is 2.82. The third-order valence-electron chi connectivity index (χ3n) is 4.64. The molecule has 5 nitrogen and oxygen atoms in total. The quantitative estimate of drug-likeness (QED) is 0.883. The molecule has 3 heterocycles. The molecule has 3 rings (SSSR count). The summed E-state index contributed by atoms with van der Waals surface area (Å²) in [7, 11) is 0. The minimum absolute atomic E-state index is 0.00532. The van der Waals surface area contributed by atoms with Crippen LogP contribution in [0.2, 0.25) is 0 Å². The van der Waals surface area contributed by atoms with Crippen LogP contribution in [0.3, 0.4) is 0 Å². The number of carbonyl (C=O) groups excluding carboxylic acids is 1. The largest absolute Gasteiger partial charge is 0.336 e. The highest BCUT2D eigenvalue weighted by Gasteiger charge is 2.37. The number of pyridine rings is 1. The Kier molecular flexibility index (Phi) is 4.10. The number of carbonyl (C=O) groups is 1. The molecule has 2 aliphatic rings. The van der Waals surface area contributed by atoms with E-state index in [1.807, 2.05) is 4.90 Å². The molecule has 2 bridgehead atoms. The molecule has 0 aromatic carbocycles. The summed E-state index contributed by atoms with van der Waals surface area (Å²) in [5, 5.41) is 3.61. The van der Waals surface area contributed by atoms with Crippen LogP contribution in [0.5, 0.6) is 0 Å². The summed E-state index contributed by atoms with van der Waals surface area (Å²) in [5.41, 5.74) is 0.278. The van der Waals surface area contributed by atoms with Crippen LogP contribution in [-0.4, -0.2) is 40.5 Å². The summed E-state index contributed by atoms with van der Waals surface area (Å²) in [4.78, 5) is 28.8. The van der Waals surface area contributed by atoms with Gasteiger partial charge in [-0.25, -0.2) is 0 Å². The molecule has 0 radical (unpaired) electrons. The van der Waals surface area contributed by atoms with Gasteiger partial charge in [0.2, 0.25) is 5.56 Å². The number of hydrogen-bond acceptors (Lipinski definition) is 3. The maximum atomic E-state index is 12.8. The lowest BCUT2D eigenvalue weighted by Crippen LogP contribution is -2.50. The van der Waals surface area contributed by atoms with E-state index in [9.17, 15) is 9.59 Å². The second kappa shape index (κ2) is 6.02. The highest BCUT2D eigenvalue weighted by molar-refractivity contribution is 5.94. The van der Waals surface area contributed by atoms with Crippen LogP contribution < -0.4 is 10.9 Å². The Morgan fingerprint density at radius 2 is 2.05 bits per heavy atom. The molecule has 1 aromatic heterocycles. The van der Waals surface area contributed by atoms with Crippen molar-refractivity contribution in [2.75, 3.05) is 6.54 Å². The zero-order chi connectivity index (χ0) is 14.8. The molecule has 1 aromatic rings. The molecular formula is C16H23N3O2. The first-order valence-corrected chi connectivity index (χ1v) is 7.93. The van der Waals surface area contributed by atoms with Crippen molar-refractivity contribution in [3.8, 4) is 0 Å². The van der Waals surface area contributed by atoms with Gasteiger partial charge in [-0.1, -0.05) is 6.92 Å². The summed E-state index contributed by atoms with van der Waals surface area (Å²) in [6.45, 7) is 2.85. The first-order chi connectivity index (χ1) is 10.2. The van der Waals surface area contributed by atoms with Crippen molar-refractivity contribution in [3.05, 3.63) is 34.2 Å². The van der Waals surface area contributed by atoms with E-state index >= 15 is 0 Å². The SMILES string of the molecule is CCCN(C(=O)c1cc[nH]c(=O)c1)C1CC2CCC(C1)N2. The third-order valence-corrected chi connectivity index (χ3v) is 4.64. The van der Waals surface area contributed by atoms with Gasteiger partial charge < -0.3 is 15.2 Å². The van der Waals surface area contributed by atoms with Crippen LogP contribution in [0.1, 0.15) is 49.4 Å². The van der Waals surface area contributed by atoms with Gasteiger partial charge in [0.25, 0.3) is 5.91 Å². The van der Waals surface area contributed by atoms with Crippen LogP contribution in [0.15, 0.2) is 23.1 Å². The van der Waals surface area contributed by atoms with Gasteiger partial charge in [-0.05, 0) is 38.2 Å². The molecule has 0 spiro atoms. The van der Waals surface area contributed by atoms with Crippen molar-refractivity contribution < 1.29 is 4.79 Å². The first kappa shape index (κ1) is 14.3. The van der Waals surface area contributed by atoms with E-state index in [4.69, 9.17) is 0 Å². The maximum Gasteiger partial charge on any atom is 0.254 e. The minimum Gasteiger partial charge on any atom is -0.336 e. The Balaban J connectivity index is 1.80. The predicted octanol–water partition coefficient (Wildman–Crippen LogP) is 1.51. The van der Waals surface area contributed by atoms with Gasteiger partial charge >= 0.3 is 0 Å². The lowest BCUT2D eigenvalue weighted by Gasteiger charge is -2.37. The van der Waals surface area contributed by atoms with Gasteiger partial charge in [-0.15, -0.1) is 0 Å². The van der Waals surface area contributed by atoms with E-state index in [2.05, 4.69) is 17.2 Å². The van der Waals surface area contributed by atoms with Crippen LogP contribution in [0.25, 0.3) is 0 Å². The third kappa shape index (κ3) is 3.02. The van der Waals surface area contributed by atoms with Crippen molar-refractivity contribution in [2.45, 2.75) is 57.2 Å². The molecule has 0 aliphatic carbocycles. The van der Waals surface area contributed by atoms with Crippen molar-refractivity contribution in [2.24, 2.45) is 0 Å². The van der Waals surface area contributed by atoms with Gasteiger partial charge in [-0.2, -0.15) is 0 Å². The standard InChI is InChI=1S/C16H23N3O2/c1-2-7-19(14-9-12-3-4-13(10-14)18-12)16(21)11-5-6-17-15(20)8-11/h5-6,8,12-14,18H,2-4,7,9-10H2,1H3,(H,17,20). The molecular weight excluding hydrogens is 266 g/mol. The van der Waals surface area contributed by atoms with E-state index in [0.29, 0.717) is 23.7 Å². The number of nitrogens with one attached hydrogen (secondary N) is 2. The van der Waals surface area contributed by atoms with Crippen LogP contribution in [0.4, 0.5) is 0 Å². The normalized spacial score (nSPS) is 27.6. The summed E-state index contributed by atoms with van der Waals surface area (Å²) < 4.78 is 0. The number of hydrogen-bond donors (Lipinski definition) is 2. The zero-order valence-corrected chi connectivity index (χ0v) is 12.5. The number of nitrogens with zero attached hydrogens (tertiary/aromatic N) is 1. The van der Waals surface area contributed by atoms with E-state index in [1.54, 1.807) is 12.3 Å². The van der Waals surface area contributed by atoms with Crippen molar-refractivity contribution >= 4 is 5.91 Å². The lowest BCUT2D eigenvalue weighted by atomic mass is 9.97. The predicted molar refractivity (Wildman–Crippen MR) is 81.4 cm³/mol. The lowest BCUT2D eigenvalue weighted by molar-refractivity contribution is 0.0616. The second-order valence-electron chi connectivity index (χ2n) is 6.20. The van der Waals surface area contributed by atoms with E-state index in [0.717, 1.165) is 25.8 Å². The topological polar surface area (TPSA) is 65.2 Å². The Morgan fingerprint density at radius 3 is 2.67 bits per heavy atom. The number of fused-ring (bicyclic) bond motifs is 2. The number of aromatic amines is 1. The molecule has 2 unspecified atom stereocenters. The molecule has 2 fully saturated rings. The summed E-state index contributed by atoms with van der Waals surface area (Å²) in [6.07, 6.45) is 7.00. The fraction of sp³-hybridized carbons (Fsp3) is 0.625. The van der Waals surface area contributed by atoms with Gasteiger partial charge in [-0.3, -0.25) is 9.59 Å². The molecule has 5 heteroatoms. The number of amides is 1. The van der Waals surface area contributed by atoms with Gasteiger partial charge in [0, 0.05) is 42.5 Å². The van der Waals surface area contributed by atoms with Gasteiger partial charge in [0.05, 0.1) is 0 Å². The summed E-state index contributed by atoms with van der Waals surface area (Å²) in [5.74, 6) is -0.00532. The van der Waals surface area contributed by atoms with Crippen molar-refractivity contribution in [1.29, 1.82) is 0 Å². The van der Waals surface area contributed by atoms with Crippen LogP contribution >= 0.6 is 0 Å². The Bertz CT molecular complexity index is 557. The zero-order valence-electron chi connectivity index (χ0n) is 12.5. The molecule has 1 amide bonds. The number of piperidine rings is 1. The monoisotopic (exact) mass is 289 g/mol. The van der Waals surface area contributed by atoms with Crippen molar-refractivity contribution in [3.63, 3.8) is 0 Å². The highest BCUT2D eigenvalue weighted by Crippen LogP contribution is 2.30. The van der Waals surface area contributed by atoms with Crippen molar-refractivity contribution in [1.82, 2.24) is 15.2 Å². The van der Waals surface area contributed by atoms with Gasteiger partial charge in [0.1, 0.15) is 0 Å². The number of rotatable bonds is 4. The minimum atomic E-state index is -0.220. The molecule has 2 N–H and O–H groups in total.